The van der Waals surface area contributed by atoms with E-state index in [4.69, 9.17) is 16.7 Å². The molecule has 0 amide bonds. The SMILES string of the molecule is CCCCN(CC)S(=O)(=O)c1ccc(Cl)c(C(=O)O)c1. The maximum absolute atomic E-state index is 12.4. The molecule has 0 aromatic heterocycles. The summed E-state index contributed by atoms with van der Waals surface area (Å²) in [6, 6.07) is 3.73. The van der Waals surface area contributed by atoms with E-state index in [1.165, 1.54) is 16.4 Å². The molecule has 5 nitrogen and oxygen atoms in total. The molecule has 0 saturated carbocycles. The van der Waals surface area contributed by atoms with Gasteiger partial charge in [0.15, 0.2) is 0 Å². The number of benzene rings is 1. The molecule has 1 aromatic carbocycles. The van der Waals surface area contributed by atoms with Gasteiger partial charge < -0.3 is 5.11 Å². The molecule has 0 aliphatic rings. The van der Waals surface area contributed by atoms with Crippen molar-refractivity contribution in [2.75, 3.05) is 13.1 Å². The third-order valence-corrected chi connectivity index (χ3v) is 5.22. The first-order chi connectivity index (χ1) is 9.34. The molecule has 7 heteroatoms. The van der Waals surface area contributed by atoms with Gasteiger partial charge in [-0.3, -0.25) is 0 Å². The molecular formula is C13H18ClNO4S. The summed E-state index contributed by atoms with van der Waals surface area (Å²) in [5, 5.41) is 9.02. The van der Waals surface area contributed by atoms with E-state index < -0.39 is 16.0 Å². The van der Waals surface area contributed by atoms with Gasteiger partial charge in [-0.15, -0.1) is 0 Å². The maximum Gasteiger partial charge on any atom is 0.337 e. The van der Waals surface area contributed by atoms with Crippen LogP contribution in [0.1, 0.15) is 37.0 Å². The number of carbonyl (C=O) groups is 1. The third kappa shape index (κ3) is 3.71. The molecule has 20 heavy (non-hydrogen) atoms. The number of hydrogen-bond donors (Lipinski definition) is 1. The van der Waals surface area contributed by atoms with Crippen molar-refractivity contribution in [3.8, 4) is 0 Å². The first-order valence-electron chi connectivity index (χ1n) is 6.37. The average molecular weight is 320 g/mol. The smallest absolute Gasteiger partial charge is 0.337 e. The molecule has 0 bridgehead atoms. The van der Waals surface area contributed by atoms with Gasteiger partial charge in [0.25, 0.3) is 0 Å². The normalized spacial score (nSPS) is 11.8. The summed E-state index contributed by atoms with van der Waals surface area (Å²) in [4.78, 5) is 11.0. The van der Waals surface area contributed by atoms with Crippen LogP contribution in [0.15, 0.2) is 23.1 Å². The molecule has 0 spiro atoms. The summed E-state index contributed by atoms with van der Waals surface area (Å²) in [6.45, 7) is 4.49. The second kappa shape index (κ2) is 7.06. The van der Waals surface area contributed by atoms with E-state index in [-0.39, 0.29) is 15.5 Å². The van der Waals surface area contributed by atoms with E-state index in [2.05, 4.69) is 0 Å². The van der Waals surface area contributed by atoms with Crippen LogP contribution in [0, 0.1) is 0 Å². The van der Waals surface area contributed by atoms with Gasteiger partial charge in [-0.05, 0) is 24.6 Å². The zero-order chi connectivity index (χ0) is 15.3. The van der Waals surface area contributed by atoms with Crippen LogP contribution in [0.3, 0.4) is 0 Å². The summed E-state index contributed by atoms with van der Waals surface area (Å²) in [5.74, 6) is -1.25. The van der Waals surface area contributed by atoms with Crippen LogP contribution in [0.25, 0.3) is 0 Å². The zero-order valence-electron chi connectivity index (χ0n) is 11.5. The van der Waals surface area contributed by atoms with Gasteiger partial charge in [0.2, 0.25) is 10.0 Å². The standard InChI is InChI=1S/C13H18ClNO4S/c1-3-5-8-15(4-2)20(18,19)10-6-7-12(14)11(9-10)13(16)17/h6-7,9H,3-5,8H2,1-2H3,(H,16,17). The fourth-order valence-electron chi connectivity index (χ4n) is 1.76. The number of carboxylic acids is 1. The van der Waals surface area contributed by atoms with Crippen LogP contribution >= 0.6 is 11.6 Å². The van der Waals surface area contributed by atoms with Crippen molar-refractivity contribution in [2.24, 2.45) is 0 Å². The number of aromatic carboxylic acids is 1. The molecule has 1 rings (SSSR count). The van der Waals surface area contributed by atoms with Gasteiger partial charge in [-0.25, -0.2) is 13.2 Å². The highest BCUT2D eigenvalue weighted by Gasteiger charge is 2.24. The fraction of sp³-hybridized carbons (Fsp3) is 0.462. The van der Waals surface area contributed by atoms with Crippen LogP contribution in [0.2, 0.25) is 5.02 Å². The minimum absolute atomic E-state index is 0.0213. The van der Waals surface area contributed by atoms with Crippen molar-refractivity contribution in [1.29, 1.82) is 0 Å². The van der Waals surface area contributed by atoms with Crippen LogP contribution in [-0.2, 0) is 10.0 Å². The Bertz CT molecular complexity index is 586. The Morgan fingerprint density at radius 3 is 2.50 bits per heavy atom. The first-order valence-corrected chi connectivity index (χ1v) is 8.19. The monoisotopic (exact) mass is 319 g/mol. The number of halogens is 1. The molecule has 0 atom stereocenters. The Kier molecular flexibility index (Phi) is 5.98. The Hall–Kier alpha value is -1.11. The summed E-state index contributed by atoms with van der Waals surface area (Å²) in [5.41, 5.74) is -0.209. The molecular weight excluding hydrogens is 302 g/mol. The van der Waals surface area contributed by atoms with Gasteiger partial charge in [0, 0.05) is 13.1 Å². The van der Waals surface area contributed by atoms with E-state index in [0.29, 0.717) is 13.1 Å². The van der Waals surface area contributed by atoms with Gasteiger partial charge in [-0.1, -0.05) is 31.9 Å². The number of nitrogens with zero attached hydrogens (tertiary/aromatic N) is 1. The molecule has 0 radical (unpaired) electrons. The third-order valence-electron chi connectivity index (χ3n) is 2.92. The maximum atomic E-state index is 12.4. The molecule has 1 N–H and O–H groups in total. The van der Waals surface area contributed by atoms with Crippen molar-refractivity contribution in [1.82, 2.24) is 4.31 Å². The molecule has 0 aliphatic carbocycles. The van der Waals surface area contributed by atoms with Gasteiger partial charge >= 0.3 is 5.97 Å². The molecule has 0 unspecified atom stereocenters. The Labute approximate surface area is 124 Å². The lowest BCUT2D eigenvalue weighted by atomic mass is 10.2. The zero-order valence-corrected chi connectivity index (χ0v) is 13.0. The highest BCUT2D eigenvalue weighted by Crippen LogP contribution is 2.23. The van der Waals surface area contributed by atoms with Crippen LogP contribution in [-0.4, -0.2) is 36.9 Å². The van der Waals surface area contributed by atoms with E-state index in [0.717, 1.165) is 18.9 Å². The quantitative estimate of drug-likeness (QED) is 0.838. The van der Waals surface area contributed by atoms with Crippen molar-refractivity contribution < 1.29 is 18.3 Å². The predicted molar refractivity (Wildman–Crippen MR) is 77.8 cm³/mol. The topological polar surface area (TPSA) is 74.7 Å². The summed E-state index contributed by atoms with van der Waals surface area (Å²) in [7, 11) is -3.68. The highest BCUT2D eigenvalue weighted by atomic mass is 35.5. The summed E-state index contributed by atoms with van der Waals surface area (Å²) < 4.78 is 26.2. The van der Waals surface area contributed by atoms with E-state index in [9.17, 15) is 13.2 Å². The number of hydrogen-bond acceptors (Lipinski definition) is 3. The van der Waals surface area contributed by atoms with Gasteiger partial charge in [0.1, 0.15) is 0 Å². The molecule has 0 aliphatic heterocycles. The number of sulfonamides is 1. The minimum Gasteiger partial charge on any atom is -0.478 e. The Morgan fingerprint density at radius 1 is 1.35 bits per heavy atom. The van der Waals surface area contributed by atoms with Crippen LogP contribution in [0.5, 0.6) is 0 Å². The molecule has 0 saturated heterocycles. The second-order valence-electron chi connectivity index (χ2n) is 4.30. The van der Waals surface area contributed by atoms with Crippen molar-refractivity contribution >= 4 is 27.6 Å². The average Bonchev–Trinajstić information content (AvgIpc) is 2.39. The summed E-state index contributed by atoms with van der Waals surface area (Å²) >= 11 is 5.75. The first kappa shape index (κ1) is 16.9. The largest absolute Gasteiger partial charge is 0.478 e. The number of carboxylic acid groups (broad SMARTS) is 1. The lowest BCUT2D eigenvalue weighted by molar-refractivity contribution is 0.0697. The summed E-state index contributed by atoms with van der Waals surface area (Å²) in [6.07, 6.45) is 1.64. The highest BCUT2D eigenvalue weighted by molar-refractivity contribution is 7.89. The Morgan fingerprint density at radius 2 is 2.00 bits per heavy atom. The van der Waals surface area contributed by atoms with E-state index in [1.54, 1.807) is 6.92 Å². The lowest BCUT2D eigenvalue weighted by Gasteiger charge is -2.20. The molecule has 112 valence electrons. The Balaban J connectivity index is 3.20. The predicted octanol–water partition coefficient (Wildman–Crippen LogP) is 2.85. The number of unbranched alkanes of at least 4 members (excludes halogenated alkanes) is 1. The van der Waals surface area contributed by atoms with E-state index >= 15 is 0 Å². The van der Waals surface area contributed by atoms with Crippen molar-refractivity contribution in [2.45, 2.75) is 31.6 Å². The molecule has 0 heterocycles. The fourth-order valence-corrected chi connectivity index (χ4v) is 3.47. The van der Waals surface area contributed by atoms with Gasteiger partial charge in [0.05, 0.1) is 15.5 Å². The second-order valence-corrected chi connectivity index (χ2v) is 6.64. The molecule has 1 aromatic rings. The van der Waals surface area contributed by atoms with E-state index in [1.807, 2.05) is 6.92 Å². The van der Waals surface area contributed by atoms with Crippen molar-refractivity contribution in [3.05, 3.63) is 28.8 Å². The lowest BCUT2D eigenvalue weighted by Crippen LogP contribution is -2.32. The van der Waals surface area contributed by atoms with Crippen LogP contribution < -0.4 is 0 Å². The molecule has 0 fully saturated rings. The van der Waals surface area contributed by atoms with Crippen molar-refractivity contribution in [3.63, 3.8) is 0 Å². The number of rotatable bonds is 7. The van der Waals surface area contributed by atoms with Gasteiger partial charge in [-0.2, -0.15) is 4.31 Å². The van der Waals surface area contributed by atoms with Crippen LogP contribution in [0.4, 0.5) is 0 Å². The minimum atomic E-state index is -3.68.